The van der Waals surface area contributed by atoms with Crippen molar-refractivity contribution in [3.63, 3.8) is 0 Å². The quantitative estimate of drug-likeness (QED) is 0.622. The van der Waals surface area contributed by atoms with Gasteiger partial charge in [0.05, 0.1) is 17.6 Å². The summed E-state index contributed by atoms with van der Waals surface area (Å²) in [7, 11) is 0. The minimum absolute atomic E-state index is 0.162. The lowest BCUT2D eigenvalue weighted by atomic mass is 10.1. The molecule has 2 N–H and O–H groups in total. The predicted molar refractivity (Wildman–Crippen MR) is 122 cm³/mol. The largest absolute Gasteiger partial charge is 0.507 e. The number of anilines is 1. The van der Waals surface area contributed by atoms with Gasteiger partial charge >= 0.3 is 6.09 Å². The fourth-order valence-corrected chi connectivity index (χ4v) is 4.42. The summed E-state index contributed by atoms with van der Waals surface area (Å²) in [6, 6.07) is 7.12. The highest BCUT2D eigenvalue weighted by molar-refractivity contribution is 7.17. The molecule has 4 rings (SSSR count). The second kappa shape index (κ2) is 9.07. The minimum Gasteiger partial charge on any atom is -0.507 e. The molecule has 0 aliphatic carbocycles. The number of amides is 1. The number of hydrazine groups is 1. The zero-order valence-corrected chi connectivity index (χ0v) is 18.8. The van der Waals surface area contributed by atoms with E-state index >= 15 is 0 Å². The summed E-state index contributed by atoms with van der Waals surface area (Å²) in [5, 5.41) is 15.3. The summed E-state index contributed by atoms with van der Waals surface area (Å²) in [4.78, 5) is 24.6. The number of aromatic hydroxyl groups is 1. The number of phenolic OH excluding ortho intramolecular Hbond substituents is 1. The highest BCUT2D eigenvalue weighted by atomic mass is 32.1. The zero-order valence-electron chi connectivity index (χ0n) is 18.0. The zero-order chi connectivity index (χ0) is 22.0. The average molecular weight is 442 g/mol. The van der Waals surface area contributed by atoms with Crippen LogP contribution in [-0.2, 0) is 4.74 Å². The van der Waals surface area contributed by atoms with Gasteiger partial charge in [0, 0.05) is 26.2 Å². The molecule has 1 saturated heterocycles. The molecule has 0 spiro atoms. The minimum atomic E-state index is -0.415. The predicted octanol–water partition coefficient (Wildman–Crippen LogP) is 3.79. The Bertz CT molecular complexity index is 1080. The molecule has 9 heteroatoms. The van der Waals surface area contributed by atoms with Crippen LogP contribution in [-0.4, -0.2) is 59.0 Å². The molecule has 0 radical (unpaired) electrons. The number of benzene rings is 1. The maximum absolute atomic E-state index is 12.0. The SMILES string of the molecule is Cc1csc2nc(-c3ccccc3O)nc(N3CCN(NC(=O)OCC(C)C)CC3)c12. The molecule has 1 amide bonds. The number of hydrogen-bond donors (Lipinski definition) is 2. The van der Waals surface area contributed by atoms with Crippen LogP contribution in [0.3, 0.4) is 0 Å². The summed E-state index contributed by atoms with van der Waals surface area (Å²) < 4.78 is 5.21. The van der Waals surface area contributed by atoms with Crippen LogP contribution in [0.5, 0.6) is 5.75 Å². The van der Waals surface area contributed by atoms with Crippen molar-refractivity contribution in [3.05, 3.63) is 35.2 Å². The monoisotopic (exact) mass is 441 g/mol. The van der Waals surface area contributed by atoms with Crippen LogP contribution in [0.2, 0.25) is 0 Å². The highest BCUT2D eigenvalue weighted by Crippen LogP contribution is 2.36. The molecule has 3 heterocycles. The molecule has 1 aromatic carbocycles. The van der Waals surface area contributed by atoms with Crippen molar-refractivity contribution in [2.75, 3.05) is 37.7 Å². The number of piperazine rings is 1. The van der Waals surface area contributed by atoms with Crippen LogP contribution >= 0.6 is 11.3 Å². The second-order valence-electron chi connectivity index (χ2n) is 8.07. The van der Waals surface area contributed by atoms with E-state index in [9.17, 15) is 9.90 Å². The first-order chi connectivity index (χ1) is 14.9. The number of phenols is 1. The van der Waals surface area contributed by atoms with E-state index in [0.717, 1.165) is 21.6 Å². The molecular formula is C22H27N5O3S. The Morgan fingerprint density at radius 3 is 2.68 bits per heavy atom. The lowest BCUT2D eigenvalue weighted by Crippen LogP contribution is -2.54. The van der Waals surface area contributed by atoms with Crippen molar-refractivity contribution in [2.45, 2.75) is 20.8 Å². The summed E-state index contributed by atoms with van der Waals surface area (Å²) in [5.74, 6) is 1.84. The molecule has 8 nitrogen and oxygen atoms in total. The fourth-order valence-electron chi connectivity index (χ4n) is 3.51. The molecule has 1 aliphatic rings. The fraction of sp³-hybridized carbons (Fsp3) is 0.409. The van der Waals surface area contributed by atoms with Gasteiger partial charge in [-0.1, -0.05) is 26.0 Å². The number of ether oxygens (including phenoxy) is 1. The first-order valence-electron chi connectivity index (χ1n) is 10.4. The molecule has 31 heavy (non-hydrogen) atoms. The number of thiophene rings is 1. The van der Waals surface area contributed by atoms with Gasteiger partial charge in [-0.2, -0.15) is 0 Å². The van der Waals surface area contributed by atoms with Crippen molar-refractivity contribution >= 4 is 33.5 Å². The lowest BCUT2D eigenvalue weighted by Gasteiger charge is -2.35. The molecule has 0 atom stereocenters. The Hall–Kier alpha value is -2.91. The molecule has 0 bridgehead atoms. The van der Waals surface area contributed by atoms with Crippen LogP contribution in [0.15, 0.2) is 29.6 Å². The van der Waals surface area contributed by atoms with E-state index in [1.165, 1.54) is 0 Å². The van der Waals surface area contributed by atoms with E-state index in [1.807, 2.05) is 31.0 Å². The number of nitrogens with one attached hydrogen (secondary N) is 1. The van der Waals surface area contributed by atoms with Gasteiger partial charge in [-0.05, 0) is 35.9 Å². The summed E-state index contributed by atoms with van der Waals surface area (Å²) in [5.41, 5.74) is 4.57. The van der Waals surface area contributed by atoms with Crippen LogP contribution in [0.25, 0.3) is 21.6 Å². The number of fused-ring (bicyclic) bond motifs is 1. The molecule has 164 valence electrons. The maximum Gasteiger partial charge on any atom is 0.421 e. The average Bonchev–Trinajstić information content (AvgIpc) is 3.13. The molecular weight excluding hydrogens is 414 g/mol. The van der Waals surface area contributed by atoms with Gasteiger partial charge in [0.25, 0.3) is 0 Å². The first kappa shape index (κ1) is 21.3. The summed E-state index contributed by atoms with van der Waals surface area (Å²) in [6.45, 7) is 9.17. The van der Waals surface area contributed by atoms with E-state index in [-0.39, 0.29) is 5.75 Å². The second-order valence-corrected chi connectivity index (χ2v) is 8.92. The number of rotatable bonds is 5. The Morgan fingerprint density at radius 1 is 1.23 bits per heavy atom. The lowest BCUT2D eigenvalue weighted by molar-refractivity contribution is 0.0934. The van der Waals surface area contributed by atoms with Crippen molar-refractivity contribution in [1.82, 2.24) is 20.4 Å². The number of hydrogen-bond acceptors (Lipinski definition) is 8. The Kier molecular flexibility index (Phi) is 6.24. The normalized spacial score (nSPS) is 14.9. The molecule has 0 saturated carbocycles. The van der Waals surface area contributed by atoms with Crippen LogP contribution in [0.1, 0.15) is 19.4 Å². The maximum atomic E-state index is 12.0. The highest BCUT2D eigenvalue weighted by Gasteiger charge is 2.24. The standard InChI is InChI=1S/C22H27N5O3S/c1-14(2)12-30-22(29)25-27-10-8-26(9-11-27)20-18-15(3)13-31-21(18)24-19(23-20)16-6-4-5-7-17(16)28/h4-7,13-14,28H,8-12H2,1-3H3,(H,25,29). The van der Waals surface area contributed by atoms with E-state index in [1.54, 1.807) is 23.5 Å². The summed E-state index contributed by atoms with van der Waals surface area (Å²) >= 11 is 1.58. The number of nitrogens with zero attached hydrogens (tertiary/aromatic N) is 4. The van der Waals surface area contributed by atoms with Gasteiger partial charge in [0.1, 0.15) is 16.4 Å². The van der Waals surface area contributed by atoms with Gasteiger partial charge in [0.2, 0.25) is 0 Å². The third-order valence-corrected chi connectivity index (χ3v) is 6.11. The van der Waals surface area contributed by atoms with Gasteiger partial charge in [-0.15, -0.1) is 11.3 Å². The number of aromatic nitrogens is 2. The van der Waals surface area contributed by atoms with Gasteiger partial charge in [-0.3, -0.25) is 5.43 Å². The first-order valence-corrected chi connectivity index (χ1v) is 11.3. The third-order valence-electron chi connectivity index (χ3n) is 5.12. The van der Waals surface area contributed by atoms with E-state index < -0.39 is 6.09 Å². The topological polar surface area (TPSA) is 90.8 Å². The Morgan fingerprint density at radius 2 is 1.97 bits per heavy atom. The third kappa shape index (κ3) is 4.72. The number of carbonyl (C=O) groups is 1. The molecule has 0 unspecified atom stereocenters. The van der Waals surface area contributed by atoms with Crippen LogP contribution in [0.4, 0.5) is 10.6 Å². The van der Waals surface area contributed by atoms with Gasteiger partial charge in [-0.25, -0.2) is 19.8 Å². The van der Waals surface area contributed by atoms with Crippen LogP contribution in [0, 0.1) is 12.8 Å². The molecule has 2 aromatic heterocycles. The van der Waals surface area contributed by atoms with Crippen molar-refractivity contribution in [2.24, 2.45) is 5.92 Å². The van der Waals surface area contributed by atoms with Crippen molar-refractivity contribution in [1.29, 1.82) is 0 Å². The Labute approximate surface area is 185 Å². The summed E-state index contributed by atoms with van der Waals surface area (Å²) in [6.07, 6.45) is -0.415. The number of aryl methyl sites for hydroxylation is 1. The van der Waals surface area contributed by atoms with E-state index in [0.29, 0.717) is 50.1 Å². The molecule has 1 fully saturated rings. The smallest absolute Gasteiger partial charge is 0.421 e. The van der Waals surface area contributed by atoms with E-state index in [2.05, 4.69) is 22.6 Å². The molecule has 1 aliphatic heterocycles. The van der Waals surface area contributed by atoms with Gasteiger partial charge in [0.15, 0.2) is 5.82 Å². The van der Waals surface area contributed by atoms with E-state index in [4.69, 9.17) is 14.7 Å². The van der Waals surface area contributed by atoms with Crippen molar-refractivity contribution in [3.8, 4) is 17.1 Å². The van der Waals surface area contributed by atoms with Gasteiger partial charge < -0.3 is 14.7 Å². The Balaban J connectivity index is 1.54. The molecule has 3 aromatic rings. The van der Waals surface area contributed by atoms with Crippen LogP contribution < -0.4 is 10.3 Å². The van der Waals surface area contributed by atoms with Crippen molar-refractivity contribution < 1.29 is 14.6 Å². The number of para-hydroxylation sites is 1. The number of carbonyl (C=O) groups excluding carboxylic acids is 1.